The predicted octanol–water partition coefficient (Wildman–Crippen LogP) is 2.12. The van der Waals surface area contributed by atoms with Crippen LogP contribution >= 0.6 is 11.6 Å². The van der Waals surface area contributed by atoms with Gasteiger partial charge in [-0.1, -0.05) is 23.7 Å². The number of anilines is 3. The SMILES string of the molecule is CN1CCN(c2ncnc(N3CCN(c4ccccc4Cl)CC3)c2[N+](=O)[O-])CC1. The molecule has 9 nitrogen and oxygen atoms in total. The van der Waals surface area contributed by atoms with E-state index in [0.717, 1.165) is 18.8 Å². The van der Waals surface area contributed by atoms with Crippen molar-refractivity contribution >= 4 is 34.6 Å². The van der Waals surface area contributed by atoms with Crippen LogP contribution in [-0.4, -0.2) is 79.2 Å². The summed E-state index contributed by atoms with van der Waals surface area (Å²) in [6, 6.07) is 7.74. The van der Waals surface area contributed by atoms with Gasteiger partial charge in [-0.05, 0) is 19.2 Å². The van der Waals surface area contributed by atoms with E-state index in [2.05, 4.69) is 26.8 Å². The van der Waals surface area contributed by atoms with E-state index in [-0.39, 0.29) is 10.6 Å². The number of nitrogens with zero attached hydrogens (tertiary/aromatic N) is 7. The third-order valence-electron chi connectivity index (χ3n) is 5.54. The van der Waals surface area contributed by atoms with Crippen LogP contribution in [0.4, 0.5) is 23.0 Å². The Balaban J connectivity index is 1.55. The Bertz CT molecular complexity index is 881. The number of rotatable bonds is 4. The number of hydrogen-bond donors (Lipinski definition) is 0. The lowest BCUT2D eigenvalue weighted by atomic mass is 10.2. The van der Waals surface area contributed by atoms with Gasteiger partial charge in [0.2, 0.25) is 11.6 Å². The average Bonchev–Trinajstić information content (AvgIpc) is 2.74. The van der Waals surface area contributed by atoms with E-state index in [0.29, 0.717) is 55.9 Å². The Morgan fingerprint density at radius 3 is 1.97 bits per heavy atom. The zero-order valence-electron chi connectivity index (χ0n) is 16.4. The van der Waals surface area contributed by atoms with Crippen molar-refractivity contribution in [3.05, 3.63) is 45.7 Å². The number of aromatic nitrogens is 2. The van der Waals surface area contributed by atoms with E-state index in [1.54, 1.807) is 0 Å². The molecular weight excluding hydrogens is 394 g/mol. The fraction of sp³-hybridized carbons (Fsp3) is 0.474. The van der Waals surface area contributed by atoms with Gasteiger partial charge >= 0.3 is 5.69 Å². The monoisotopic (exact) mass is 417 g/mol. The van der Waals surface area contributed by atoms with E-state index in [1.807, 2.05) is 34.1 Å². The quantitative estimate of drug-likeness (QED) is 0.552. The minimum atomic E-state index is -0.344. The molecule has 2 aliphatic rings. The summed E-state index contributed by atoms with van der Waals surface area (Å²) >= 11 is 6.32. The third-order valence-corrected chi connectivity index (χ3v) is 5.86. The second-order valence-corrected chi connectivity index (χ2v) is 7.75. The van der Waals surface area contributed by atoms with Gasteiger partial charge in [-0.3, -0.25) is 10.1 Å². The lowest BCUT2D eigenvalue weighted by Crippen LogP contribution is -2.47. The fourth-order valence-corrected chi connectivity index (χ4v) is 4.13. The summed E-state index contributed by atoms with van der Waals surface area (Å²) in [5, 5.41) is 12.7. The predicted molar refractivity (Wildman–Crippen MR) is 114 cm³/mol. The molecule has 0 aliphatic carbocycles. The van der Waals surface area contributed by atoms with Crippen molar-refractivity contribution in [1.82, 2.24) is 14.9 Å². The molecule has 1 aromatic heterocycles. The van der Waals surface area contributed by atoms with Crippen molar-refractivity contribution in [1.29, 1.82) is 0 Å². The first-order chi connectivity index (χ1) is 14.0. The Morgan fingerprint density at radius 1 is 0.897 bits per heavy atom. The molecule has 0 N–H and O–H groups in total. The molecule has 2 fully saturated rings. The van der Waals surface area contributed by atoms with Gasteiger partial charge in [0.1, 0.15) is 6.33 Å². The van der Waals surface area contributed by atoms with Crippen LogP contribution < -0.4 is 14.7 Å². The summed E-state index contributed by atoms with van der Waals surface area (Å²) in [5.41, 5.74) is 0.993. The molecule has 3 heterocycles. The molecule has 0 radical (unpaired) electrons. The Morgan fingerprint density at radius 2 is 1.41 bits per heavy atom. The number of hydrogen-bond acceptors (Lipinski definition) is 8. The minimum Gasteiger partial charge on any atom is -0.367 e. The molecule has 0 spiro atoms. The topological polar surface area (TPSA) is 81.9 Å². The van der Waals surface area contributed by atoms with Crippen LogP contribution in [0.25, 0.3) is 0 Å². The van der Waals surface area contributed by atoms with Gasteiger partial charge in [-0.2, -0.15) is 0 Å². The van der Waals surface area contributed by atoms with Crippen LogP contribution in [0.15, 0.2) is 30.6 Å². The van der Waals surface area contributed by atoms with E-state index in [1.165, 1.54) is 6.33 Å². The summed E-state index contributed by atoms with van der Waals surface area (Å²) in [6.45, 7) is 5.84. The summed E-state index contributed by atoms with van der Waals surface area (Å²) < 4.78 is 0. The Kier molecular flexibility index (Phi) is 5.68. The first kappa shape index (κ1) is 19.7. The number of para-hydroxylation sites is 1. The molecular formula is C19H24ClN7O2. The Labute approximate surface area is 174 Å². The van der Waals surface area contributed by atoms with E-state index in [9.17, 15) is 10.1 Å². The highest BCUT2D eigenvalue weighted by molar-refractivity contribution is 6.33. The summed E-state index contributed by atoms with van der Waals surface area (Å²) in [7, 11) is 2.05. The van der Waals surface area contributed by atoms with Crippen molar-refractivity contribution in [2.24, 2.45) is 0 Å². The zero-order chi connectivity index (χ0) is 20.4. The van der Waals surface area contributed by atoms with Crippen molar-refractivity contribution in [3.63, 3.8) is 0 Å². The van der Waals surface area contributed by atoms with Crippen LogP contribution in [0.2, 0.25) is 5.02 Å². The maximum Gasteiger partial charge on any atom is 0.353 e. The highest BCUT2D eigenvalue weighted by atomic mass is 35.5. The third kappa shape index (κ3) is 4.06. The average molecular weight is 418 g/mol. The maximum atomic E-state index is 12.0. The minimum absolute atomic E-state index is 0.00301. The number of benzene rings is 1. The van der Waals surface area contributed by atoms with Gasteiger partial charge in [0, 0.05) is 52.4 Å². The molecule has 1 aromatic carbocycles. The number of piperazine rings is 2. The largest absolute Gasteiger partial charge is 0.367 e. The first-order valence-electron chi connectivity index (χ1n) is 9.72. The lowest BCUT2D eigenvalue weighted by molar-refractivity contribution is -0.383. The molecule has 2 aromatic rings. The van der Waals surface area contributed by atoms with Gasteiger partial charge in [-0.25, -0.2) is 9.97 Å². The lowest BCUT2D eigenvalue weighted by Gasteiger charge is -2.37. The number of likely N-dealkylation sites (N-methyl/N-ethyl adjacent to an activating group) is 1. The highest BCUT2D eigenvalue weighted by Gasteiger charge is 2.32. The molecule has 154 valence electrons. The smallest absolute Gasteiger partial charge is 0.353 e. The first-order valence-corrected chi connectivity index (χ1v) is 10.1. The van der Waals surface area contributed by atoms with Gasteiger partial charge in [0.15, 0.2) is 0 Å². The second-order valence-electron chi connectivity index (χ2n) is 7.34. The second kappa shape index (κ2) is 8.38. The summed E-state index contributed by atoms with van der Waals surface area (Å²) in [5.74, 6) is 0.819. The molecule has 0 amide bonds. The molecule has 29 heavy (non-hydrogen) atoms. The van der Waals surface area contributed by atoms with Crippen molar-refractivity contribution in [3.8, 4) is 0 Å². The van der Waals surface area contributed by atoms with E-state index >= 15 is 0 Å². The maximum absolute atomic E-state index is 12.0. The molecule has 0 saturated carbocycles. The highest BCUT2D eigenvalue weighted by Crippen LogP contribution is 2.35. The standard InChI is InChI=1S/C19H24ClN7O2/c1-23-6-8-25(9-7-23)18-17(27(28)29)19(22-14-21-18)26-12-10-24(11-13-26)16-5-3-2-4-15(16)20/h2-5,14H,6-13H2,1H3. The molecule has 0 bridgehead atoms. The molecule has 4 rings (SSSR count). The molecule has 2 aliphatic heterocycles. The Hall–Kier alpha value is -2.65. The summed E-state index contributed by atoms with van der Waals surface area (Å²) in [6.07, 6.45) is 1.44. The molecule has 0 atom stereocenters. The number of halogens is 1. The van der Waals surface area contributed by atoms with Crippen LogP contribution in [-0.2, 0) is 0 Å². The molecule has 2 saturated heterocycles. The molecule has 0 unspecified atom stereocenters. The van der Waals surface area contributed by atoms with Crippen molar-refractivity contribution in [2.45, 2.75) is 0 Å². The van der Waals surface area contributed by atoms with Crippen LogP contribution in [0, 0.1) is 10.1 Å². The van der Waals surface area contributed by atoms with Crippen LogP contribution in [0.3, 0.4) is 0 Å². The van der Waals surface area contributed by atoms with Crippen molar-refractivity contribution < 1.29 is 4.92 Å². The fourth-order valence-electron chi connectivity index (χ4n) is 3.87. The van der Waals surface area contributed by atoms with Crippen LogP contribution in [0.1, 0.15) is 0 Å². The zero-order valence-corrected chi connectivity index (χ0v) is 17.1. The summed E-state index contributed by atoms with van der Waals surface area (Å²) in [4.78, 5) is 28.6. The number of nitro groups is 1. The van der Waals surface area contributed by atoms with E-state index < -0.39 is 0 Å². The normalized spacial score (nSPS) is 18.2. The van der Waals surface area contributed by atoms with Crippen molar-refractivity contribution in [2.75, 3.05) is 74.1 Å². The van der Waals surface area contributed by atoms with Gasteiger partial charge in [0.25, 0.3) is 0 Å². The molecule has 10 heteroatoms. The van der Waals surface area contributed by atoms with Gasteiger partial charge < -0.3 is 19.6 Å². The van der Waals surface area contributed by atoms with Crippen LogP contribution in [0.5, 0.6) is 0 Å². The van der Waals surface area contributed by atoms with Gasteiger partial charge in [-0.15, -0.1) is 0 Å². The van der Waals surface area contributed by atoms with E-state index in [4.69, 9.17) is 11.6 Å². The van der Waals surface area contributed by atoms with Gasteiger partial charge in [0.05, 0.1) is 15.6 Å².